The molecule has 0 saturated heterocycles. The molecule has 0 saturated carbocycles. The van der Waals surface area contributed by atoms with Gasteiger partial charge in [-0.2, -0.15) is 0 Å². The summed E-state index contributed by atoms with van der Waals surface area (Å²) in [5.74, 6) is 1.05. The maximum absolute atomic E-state index is 11.2. The SMILES string of the molecule is COc1ccccc1N=C/C(=C/[N-]c1ccccc1OC)[N+](=O)[O-]. The van der Waals surface area contributed by atoms with Crippen LogP contribution in [-0.4, -0.2) is 25.4 Å². The molecule has 0 fully saturated rings. The average Bonchev–Trinajstić information content (AvgIpc) is 2.62. The minimum Gasteiger partial charge on any atom is -0.656 e. The van der Waals surface area contributed by atoms with Gasteiger partial charge < -0.3 is 14.8 Å². The molecular weight excluding hydrogens is 310 g/mol. The van der Waals surface area contributed by atoms with Gasteiger partial charge in [0.25, 0.3) is 5.70 Å². The lowest BCUT2D eigenvalue weighted by molar-refractivity contribution is -0.414. The molecule has 0 aromatic heterocycles. The van der Waals surface area contributed by atoms with Crippen LogP contribution in [0.4, 0.5) is 11.4 Å². The van der Waals surface area contributed by atoms with Crippen molar-refractivity contribution in [2.75, 3.05) is 14.2 Å². The molecule has 7 heteroatoms. The monoisotopic (exact) mass is 326 g/mol. The zero-order valence-corrected chi connectivity index (χ0v) is 13.2. The van der Waals surface area contributed by atoms with Gasteiger partial charge in [0.1, 0.15) is 23.4 Å². The average molecular weight is 326 g/mol. The third-order valence-electron chi connectivity index (χ3n) is 3.05. The maximum Gasteiger partial charge on any atom is 0.265 e. The Morgan fingerprint density at radius 3 is 2.38 bits per heavy atom. The smallest absolute Gasteiger partial charge is 0.265 e. The molecular formula is C17H16N3O4-. The summed E-state index contributed by atoms with van der Waals surface area (Å²) in [5.41, 5.74) is 0.724. The van der Waals surface area contributed by atoms with E-state index in [4.69, 9.17) is 9.47 Å². The molecule has 0 N–H and O–H groups in total. The molecule has 0 atom stereocenters. The fraction of sp³-hybridized carbons (Fsp3) is 0.118. The number of benzene rings is 2. The van der Waals surface area contributed by atoms with E-state index in [-0.39, 0.29) is 5.70 Å². The van der Waals surface area contributed by atoms with Crippen molar-refractivity contribution < 1.29 is 14.4 Å². The third kappa shape index (κ3) is 4.33. The van der Waals surface area contributed by atoms with E-state index < -0.39 is 4.92 Å². The van der Waals surface area contributed by atoms with E-state index in [1.54, 1.807) is 48.5 Å². The van der Waals surface area contributed by atoms with Gasteiger partial charge in [0, 0.05) is 0 Å². The zero-order chi connectivity index (χ0) is 17.4. The van der Waals surface area contributed by atoms with Gasteiger partial charge >= 0.3 is 0 Å². The summed E-state index contributed by atoms with van der Waals surface area (Å²) in [6.07, 6.45) is 2.27. The predicted molar refractivity (Wildman–Crippen MR) is 92.2 cm³/mol. The second-order valence-corrected chi connectivity index (χ2v) is 4.54. The normalized spacial score (nSPS) is 11.3. The van der Waals surface area contributed by atoms with Crippen LogP contribution in [0.15, 0.2) is 65.4 Å². The summed E-state index contributed by atoms with van der Waals surface area (Å²) in [7, 11) is 3.02. The Kier molecular flexibility index (Phi) is 5.90. The first kappa shape index (κ1) is 17.0. The Bertz CT molecular complexity index is 772. The summed E-state index contributed by atoms with van der Waals surface area (Å²) in [6.45, 7) is 0. The number of nitrogens with zero attached hydrogens (tertiary/aromatic N) is 3. The van der Waals surface area contributed by atoms with Gasteiger partial charge in [0.15, 0.2) is 0 Å². The van der Waals surface area contributed by atoms with E-state index in [1.165, 1.54) is 14.2 Å². The Labute approximate surface area is 139 Å². The lowest BCUT2D eigenvalue weighted by atomic mass is 10.3. The highest BCUT2D eigenvalue weighted by atomic mass is 16.6. The maximum atomic E-state index is 11.2. The lowest BCUT2D eigenvalue weighted by Gasteiger charge is -2.19. The van der Waals surface area contributed by atoms with Crippen LogP contribution in [0, 0.1) is 10.1 Å². The molecule has 0 spiro atoms. The van der Waals surface area contributed by atoms with Crippen molar-refractivity contribution in [3.63, 3.8) is 0 Å². The molecule has 0 radical (unpaired) electrons. The second-order valence-electron chi connectivity index (χ2n) is 4.54. The molecule has 2 aromatic carbocycles. The summed E-state index contributed by atoms with van der Waals surface area (Å²) in [4.78, 5) is 14.7. The van der Waals surface area contributed by atoms with Crippen molar-refractivity contribution in [1.82, 2.24) is 0 Å². The topological polar surface area (TPSA) is 88.1 Å². The van der Waals surface area contributed by atoms with Crippen LogP contribution in [0.25, 0.3) is 5.32 Å². The molecule has 0 heterocycles. The van der Waals surface area contributed by atoms with Crippen LogP contribution >= 0.6 is 0 Å². The molecule has 2 rings (SSSR count). The highest BCUT2D eigenvalue weighted by molar-refractivity contribution is 5.80. The van der Waals surface area contributed by atoms with Gasteiger partial charge in [-0.3, -0.25) is 10.1 Å². The number of ether oxygens (including phenoxy) is 2. The van der Waals surface area contributed by atoms with Crippen molar-refractivity contribution >= 4 is 17.6 Å². The molecule has 24 heavy (non-hydrogen) atoms. The van der Waals surface area contributed by atoms with Crippen LogP contribution in [0.5, 0.6) is 11.5 Å². The van der Waals surface area contributed by atoms with E-state index in [2.05, 4.69) is 10.3 Å². The minimum atomic E-state index is -0.558. The number of aliphatic imine (C=N–C) groups is 1. The highest BCUT2D eigenvalue weighted by Crippen LogP contribution is 2.31. The Balaban J connectivity index is 2.23. The van der Waals surface area contributed by atoms with Gasteiger partial charge in [-0.25, -0.2) is 4.99 Å². The van der Waals surface area contributed by atoms with Crippen LogP contribution < -0.4 is 9.47 Å². The van der Waals surface area contributed by atoms with Crippen molar-refractivity contribution in [2.24, 2.45) is 4.99 Å². The predicted octanol–water partition coefficient (Wildman–Crippen LogP) is 4.23. The first-order chi connectivity index (χ1) is 11.7. The molecule has 2 aromatic rings. The zero-order valence-electron chi connectivity index (χ0n) is 13.2. The van der Waals surface area contributed by atoms with Crippen LogP contribution in [0.2, 0.25) is 0 Å². The molecule has 0 aliphatic rings. The Morgan fingerprint density at radius 1 is 1.08 bits per heavy atom. The number of hydrogen-bond donors (Lipinski definition) is 0. The van der Waals surface area contributed by atoms with Crippen molar-refractivity contribution in [3.05, 3.63) is 75.9 Å². The van der Waals surface area contributed by atoms with Gasteiger partial charge in [-0.1, -0.05) is 42.2 Å². The number of rotatable bonds is 7. The van der Waals surface area contributed by atoms with Gasteiger partial charge in [0.05, 0.1) is 19.1 Å². The van der Waals surface area contributed by atoms with Crippen molar-refractivity contribution in [2.45, 2.75) is 0 Å². The van der Waals surface area contributed by atoms with E-state index >= 15 is 0 Å². The molecule has 124 valence electrons. The number of allylic oxidation sites excluding steroid dienone is 1. The number of nitro groups is 1. The van der Waals surface area contributed by atoms with E-state index in [0.717, 1.165) is 12.4 Å². The van der Waals surface area contributed by atoms with Crippen molar-refractivity contribution in [1.29, 1.82) is 0 Å². The lowest BCUT2D eigenvalue weighted by Crippen LogP contribution is -1.99. The number of methoxy groups -OCH3 is 2. The van der Waals surface area contributed by atoms with Crippen LogP contribution in [-0.2, 0) is 0 Å². The standard InChI is InChI=1S/C17H16N3O4/c1-23-16-9-5-3-7-14(16)18-11-13(20(21)22)12-19-15-8-4-6-10-17(15)24-2/h3-12H,1-2H3/q-1/b13-11-,19-12?. The molecule has 7 nitrogen and oxygen atoms in total. The largest absolute Gasteiger partial charge is 0.656 e. The van der Waals surface area contributed by atoms with Gasteiger partial charge in [0.2, 0.25) is 0 Å². The van der Waals surface area contributed by atoms with E-state index in [9.17, 15) is 10.1 Å². The van der Waals surface area contributed by atoms with E-state index in [1.807, 2.05) is 0 Å². The molecule has 0 unspecified atom stereocenters. The first-order valence-electron chi connectivity index (χ1n) is 7.01. The van der Waals surface area contributed by atoms with Gasteiger partial charge in [-0.05, 0) is 18.2 Å². The molecule has 0 aliphatic carbocycles. The second kappa shape index (κ2) is 8.33. The highest BCUT2D eigenvalue weighted by Gasteiger charge is 2.05. The fourth-order valence-electron chi connectivity index (χ4n) is 1.87. The Hall–Kier alpha value is -3.35. The van der Waals surface area contributed by atoms with Gasteiger partial charge in [-0.15, -0.1) is 0 Å². The quantitative estimate of drug-likeness (QED) is 0.433. The minimum absolute atomic E-state index is 0.258. The molecule has 0 bridgehead atoms. The molecule has 0 amide bonds. The van der Waals surface area contributed by atoms with Crippen LogP contribution in [0.3, 0.4) is 0 Å². The number of hydrogen-bond acceptors (Lipinski definition) is 5. The fourth-order valence-corrected chi connectivity index (χ4v) is 1.87. The molecule has 0 aliphatic heterocycles. The third-order valence-corrected chi connectivity index (χ3v) is 3.05. The van der Waals surface area contributed by atoms with E-state index in [0.29, 0.717) is 22.9 Å². The summed E-state index contributed by atoms with van der Waals surface area (Å²) >= 11 is 0. The summed E-state index contributed by atoms with van der Waals surface area (Å²) in [6, 6.07) is 14.0. The summed E-state index contributed by atoms with van der Waals surface area (Å²) in [5, 5.41) is 15.3. The van der Waals surface area contributed by atoms with Crippen molar-refractivity contribution in [3.8, 4) is 11.5 Å². The number of para-hydroxylation sites is 4. The summed E-state index contributed by atoms with van der Waals surface area (Å²) < 4.78 is 10.3. The Morgan fingerprint density at radius 2 is 1.71 bits per heavy atom. The first-order valence-corrected chi connectivity index (χ1v) is 7.01. The van der Waals surface area contributed by atoms with Crippen LogP contribution in [0.1, 0.15) is 0 Å².